The zero-order chi connectivity index (χ0) is 11.0. The molecule has 0 unspecified atom stereocenters. The molecule has 1 aromatic heterocycles. The van der Waals surface area contributed by atoms with Crippen molar-refractivity contribution in [2.45, 2.75) is 31.6 Å². The van der Waals surface area contributed by atoms with Gasteiger partial charge >= 0.3 is 0 Å². The molecule has 0 N–H and O–H groups in total. The van der Waals surface area contributed by atoms with Crippen molar-refractivity contribution in [2.24, 2.45) is 0 Å². The zero-order valence-corrected chi connectivity index (χ0v) is 9.44. The topological polar surface area (TPSA) is 26.0 Å². The molecule has 0 atom stereocenters. The first kappa shape index (κ1) is 9.64. The number of hydrogen-bond donors (Lipinski definition) is 0. The lowest BCUT2D eigenvalue weighted by atomic mass is 9.79. The molecule has 0 amide bonds. The third-order valence-electron chi connectivity index (χ3n) is 3.83. The van der Waals surface area contributed by atoms with Gasteiger partial charge in [-0.2, -0.15) is 0 Å². The van der Waals surface area contributed by atoms with Crippen LogP contribution >= 0.6 is 0 Å². The van der Waals surface area contributed by atoms with Gasteiger partial charge in [-0.3, -0.25) is 0 Å². The van der Waals surface area contributed by atoms with Crippen LogP contribution < -0.4 is 0 Å². The average molecular weight is 213 g/mol. The van der Waals surface area contributed by atoms with E-state index in [4.69, 9.17) is 4.42 Å². The molecule has 0 spiro atoms. The Labute approximate surface area is 95.3 Å². The van der Waals surface area contributed by atoms with Gasteiger partial charge in [0.15, 0.2) is 6.39 Å². The SMILES string of the molecule is CCC1(c2cocn2)Cc2ccccc2C1. The molecule has 0 radical (unpaired) electrons. The van der Waals surface area contributed by atoms with Gasteiger partial charge in [-0.25, -0.2) is 4.98 Å². The van der Waals surface area contributed by atoms with Crippen molar-refractivity contribution in [3.05, 3.63) is 53.7 Å². The number of benzene rings is 1. The van der Waals surface area contributed by atoms with E-state index in [9.17, 15) is 0 Å². The number of oxazole rings is 1. The van der Waals surface area contributed by atoms with Crippen LogP contribution in [0, 0.1) is 0 Å². The average Bonchev–Trinajstić information content (AvgIpc) is 2.96. The van der Waals surface area contributed by atoms with E-state index in [1.807, 2.05) is 0 Å². The van der Waals surface area contributed by atoms with Gasteiger partial charge in [-0.05, 0) is 30.4 Å². The summed E-state index contributed by atoms with van der Waals surface area (Å²) in [5.74, 6) is 0. The number of aromatic nitrogens is 1. The maximum absolute atomic E-state index is 5.14. The third-order valence-corrected chi connectivity index (χ3v) is 3.83. The fourth-order valence-corrected chi connectivity index (χ4v) is 2.78. The molecule has 1 heterocycles. The van der Waals surface area contributed by atoms with Gasteiger partial charge in [-0.15, -0.1) is 0 Å². The molecule has 2 nitrogen and oxygen atoms in total. The van der Waals surface area contributed by atoms with Crippen molar-refractivity contribution in [1.82, 2.24) is 4.98 Å². The van der Waals surface area contributed by atoms with Crippen LogP contribution in [0.3, 0.4) is 0 Å². The minimum atomic E-state index is 0.163. The summed E-state index contributed by atoms with van der Waals surface area (Å²) in [6.07, 6.45) is 6.62. The van der Waals surface area contributed by atoms with E-state index in [2.05, 4.69) is 36.2 Å². The predicted molar refractivity (Wildman–Crippen MR) is 62.3 cm³/mol. The van der Waals surface area contributed by atoms with Crippen LogP contribution in [0.25, 0.3) is 0 Å². The first-order valence-corrected chi connectivity index (χ1v) is 5.79. The molecular formula is C14H15NO. The molecule has 0 saturated heterocycles. The normalized spacial score (nSPS) is 17.3. The minimum Gasteiger partial charge on any atom is -0.451 e. The van der Waals surface area contributed by atoms with Crippen molar-refractivity contribution in [3.8, 4) is 0 Å². The second kappa shape index (κ2) is 3.48. The van der Waals surface area contributed by atoms with Gasteiger partial charge in [-0.1, -0.05) is 31.2 Å². The molecule has 0 aliphatic heterocycles. The Balaban J connectivity index is 2.03. The van der Waals surface area contributed by atoms with E-state index in [0.717, 1.165) is 25.0 Å². The van der Waals surface area contributed by atoms with Gasteiger partial charge in [0, 0.05) is 5.41 Å². The molecule has 3 rings (SSSR count). The van der Waals surface area contributed by atoms with E-state index in [-0.39, 0.29) is 5.41 Å². The Morgan fingerprint density at radius 3 is 2.44 bits per heavy atom. The summed E-state index contributed by atoms with van der Waals surface area (Å²) in [5, 5.41) is 0. The van der Waals surface area contributed by atoms with Crippen LogP contribution in [-0.4, -0.2) is 4.98 Å². The minimum absolute atomic E-state index is 0.163. The molecule has 0 bridgehead atoms. The van der Waals surface area contributed by atoms with Crippen molar-refractivity contribution < 1.29 is 4.42 Å². The van der Waals surface area contributed by atoms with Gasteiger partial charge in [0.1, 0.15) is 6.26 Å². The van der Waals surface area contributed by atoms with Crippen LogP contribution in [0.2, 0.25) is 0 Å². The molecule has 0 fully saturated rings. The van der Waals surface area contributed by atoms with Crippen LogP contribution in [0.15, 0.2) is 41.3 Å². The number of rotatable bonds is 2. The van der Waals surface area contributed by atoms with Gasteiger partial charge in [0.05, 0.1) is 5.69 Å². The Morgan fingerprint density at radius 2 is 1.94 bits per heavy atom. The Kier molecular flexibility index (Phi) is 2.10. The van der Waals surface area contributed by atoms with Crippen LogP contribution in [0.4, 0.5) is 0 Å². The van der Waals surface area contributed by atoms with Crippen LogP contribution in [0.5, 0.6) is 0 Å². The molecule has 82 valence electrons. The molecule has 1 aliphatic carbocycles. The second-order valence-corrected chi connectivity index (χ2v) is 4.63. The van der Waals surface area contributed by atoms with Crippen LogP contribution in [-0.2, 0) is 18.3 Å². The molecular weight excluding hydrogens is 198 g/mol. The lowest BCUT2D eigenvalue weighted by molar-refractivity contribution is 0.419. The number of fused-ring (bicyclic) bond motifs is 1. The third kappa shape index (κ3) is 1.29. The molecule has 2 aromatic rings. The van der Waals surface area contributed by atoms with Crippen molar-refractivity contribution in [2.75, 3.05) is 0 Å². The Hall–Kier alpha value is -1.57. The van der Waals surface area contributed by atoms with Gasteiger partial charge in [0.25, 0.3) is 0 Å². The zero-order valence-electron chi connectivity index (χ0n) is 9.44. The first-order valence-electron chi connectivity index (χ1n) is 5.79. The predicted octanol–water partition coefficient (Wildman–Crippen LogP) is 3.12. The van der Waals surface area contributed by atoms with E-state index in [0.29, 0.717) is 0 Å². The van der Waals surface area contributed by atoms with E-state index < -0.39 is 0 Å². The standard InChI is InChI=1S/C14H15NO/c1-2-14(13-9-16-10-15-13)7-11-5-3-4-6-12(11)8-14/h3-6,9-10H,2,7-8H2,1H3. The molecule has 1 aliphatic rings. The summed E-state index contributed by atoms with van der Waals surface area (Å²) in [4.78, 5) is 4.36. The summed E-state index contributed by atoms with van der Waals surface area (Å²) in [6.45, 7) is 2.24. The highest BCUT2D eigenvalue weighted by Crippen LogP contribution is 2.41. The second-order valence-electron chi connectivity index (χ2n) is 4.63. The van der Waals surface area contributed by atoms with E-state index >= 15 is 0 Å². The molecule has 1 aromatic carbocycles. The number of nitrogens with zero attached hydrogens (tertiary/aromatic N) is 1. The highest BCUT2D eigenvalue weighted by Gasteiger charge is 2.38. The molecule has 0 saturated carbocycles. The van der Waals surface area contributed by atoms with E-state index in [1.54, 1.807) is 6.26 Å². The molecule has 16 heavy (non-hydrogen) atoms. The van der Waals surface area contributed by atoms with Crippen molar-refractivity contribution in [1.29, 1.82) is 0 Å². The number of hydrogen-bond acceptors (Lipinski definition) is 2. The highest BCUT2D eigenvalue weighted by molar-refractivity contribution is 5.39. The van der Waals surface area contributed by atoms with Gasteiger partial charge < -0.3 is 4.42 Å². The smallest absolute Gasteiger partial charge is 0.180 e. The maximum atomic E-state index is 5.14. The van der Waals surface area contributed by atoms with Crippen molar-refractivity contribution in [3.63, 3.8) is 0 Å². The summed E-state index contributed by atoms with van der Waals surface area (Å²) in [7, 11) is 0. The lowest BCUT2D eigenvalue weighted by Gasteiger charge is -2.24. The summed E-state index contributed by atoms with van der Waals surface area (Å²) >= 11 is 0. The lowest BCUT2D eigenvalue weighted by Crippen LogP contribution is -2.26. The van der Waals surface area contributed by atoms with Crippen molar-refractivity contribution >= 4 is 0 Å². The highest BCUT2D eigenvalue weighted by atomic mass is 16.3. The fraction of sp³-hybridized carbons (Fsp3) is 0.357. The molecule has 2 heteroatoms. The summed E-state index contributed by atoms with van der Waals surface area (Å²) < 4.78 is 5.14. The first-order chi connectivity index (χ1) is 7.84. The monoisotopic (exact) mass is 213 g/mol. The maximum Gasteiger partial charge on any atom is 0.180 e. The fourth-order valence-electron chi connectivity index (χ4n) is 2.78. The quantitative estimate of drug-likeness (QED) is 0.766. The Bertz CT molecular complexity index is 462. The Morgan fingerprint density at radius 1 is 1.25 bits per heavy atom. The van der Waals surface area contributed by atoms with Gasteiger partial charge in [0.2, 0.25) is 0 Å². The summed E-state index contributed by atoms with van der Waals surface area (Å²) in [6, 6.07) is 8.69. The summed E-state index contributed by atoms with van der Waals surface area (Å²) in [5.41, 5.74) is 4.20. The van der Waals surface area contributed by atoms with Crippen LogP contribution in [0.1, 0.15) is 30.2 Å². The van der Waals surface area contributed by atoms with E-state index in [1.165, 1.54) is 17.5 Å². The largest absolute Gasteiger partial charge is 0.451 e.